The van der Waals surface area contributed by atoms with E-state index in [1.54, 1.807) is 18.7 Å². The lowest BCUT2D eigenvalue weighted by Gasteiger charge is -2.02. The Kier molecular flexibility index (Phi) is 4.86. The van der Waals surface area contributed by atoms with Gasteiger partial charge >= 0.3 is 0 Å². The molecule has 0 radical (unpaired) electrons. The van der Waals surface area contributed by atoms with E-state index < -0.39 is 0 Å². The number of carbonyl (C=O) groups is 1. The van der Waals surface area contributed by atoms with E-state index in [1.165, 1.54) is 0 Å². The van der Waals surface area contributed by atoms with Crippen LogP contribution in [0, 0.1) is 5.92 Å². The second-order valence-corrected chi connectivity index (χ2v) is 5.09. The Morgan fingerprint density at radius 3 is 2.85 bits per heavy atom. The second kappa shape index (κ2) is 6.83. The lowest BCUT2D eigenvalue weighted by Crippen LogP contribution is -2.25. The van der Waals surface area contributed by atoms with E-state index in [0.717, 1.165) is 25.1 Å². The van der Waals surface area contributed by atoms with E-state index >= 15 is 0 Å². The van der Waals surface area contributed by atoms with Crippen LogP contribution in [0.15, 0.2) is 23.2 Å². The number of carbonyl (C=O) groups excluding carboxylic acids is 1. The number of amides is 1. The topological polar surface area (TPSA) is 85.8 Å². The summed E-state index contributed by atoms with van der Waals surface area (Å²) in [6.07, 6.45) is 4.89. The highest BCUT2D eigenvalue weighted by atomic mass is 16.5. The quantitative estimate of drug-likeness (QED) is 0.771. The Morgan fingerprint density at radius 2 is 2.15 bits per heavy atom. The zero-order valence-electron chi connectivity index (χ0n) is 11.7. The first-order valence-electron chi connectivity index (χ1n) is 6.71. The van der Waals surface area contributed by atoms with Crippen LogP contribution in [0.3, 0.4) is 0 Å². The van der Waals surface area contributed by atoms with Crippen LogP contribution in [0.1, 0.15) is 36.5 Å². The number of aromatic nitrogens is 4. The van der Waals surface area contributed by atoms with Crippen molar-refractivity contribution in [2.45, 2.75) is 33.2 Å². The first kappa shape index (κ1) is 14.2. The Hall–Kier alpha value is -2.18. The zero-order chi connectivity index (χ0) is 14.4. The van der Waals surface area contributed by atoms with Crippen molar-refractivity contribution in [3.63, 3.8) is 0 Å². The SMILES string of the molecule is CC(C)Cc1cc(C(=O)NCCCn2cnnc2)no1. The molecule has 108 valence electrons. The molecule has 0 saturated heterocycles. The molecule has 0 saturated carbocycles. The molecule has 0 aliphatic heterocycles. The summed E-state index contributed by atoms with van der Waals surface area (Å²) in [7, 11) is 0. The predicted molar refractivity (Wildman–Crippen MR) is 72.0 cm³/mol. The van der Waals surface area contributed by atoms with Gasteiger partial charge in [0.2, 0.25) is 0 Å². The van der Waals surface area contributed by atoms with E-state index in [9.17, 15) is 4.79 Å². The van der Waals surface area contributed by atoms with E-state index in [0.29, 0.717) is 18.2 Å². The third-order valence-electron chi connectivity index (χ3n) is 2.75. The number of nitrogens with zero attached hydrogens (tertiary/aromatic N) is 4. The van der Waals surface area contributed by atoms with E-state index in [-0.39, 0.29) is 5.91 Å². The summed E-state index contributed by atoms with van der Waals surface area (Å²) in [5, 5.41) is 14.0. The van der Waals surface area contributed by atoms with Gasteiger partial charge in [0.05, 0.1) is 0 Å². The smallest absolute Gasteiger partial charge is 0.273 e. The van der Waals surface area contributed by atoms with Crippen molar-refractivity contribution in [2.75, 3.05) is 6.54 Å². The highest BCUT2D eigenvalue weighted by Crippen LogP contribution is 2.09. The van der Waals surface area contributed by atoms with Crippen molar-refractivity contribution < 1.29 is 9.32 Å². The van der Waals surface area contributed by atoms with Gasteiger partial charge in [-0.05, 0) is 12.3 Å². The predicted octanol–water partition coefficient (Wildman–Crippen LogP) is 1.28. The molecule has 1 amide bonds. The summed E-state index contributed by atoms with van der Waals surface area (Å²) in [4.78, 5) is 11.8. The summed E-state index contributed by atoms with van der Waals surface area (Å²) in [6.45, 7) is 5.52. The van der Waals surface area contributed by atoms with Crippen LogP contribution in [0.5, 0.6) is 0 Å². The van der Waals surface area contributed by atoms with Crippen LogP contribution in [0.2, 0.25) is 0 Å². The van der Waals surface area contributed by atoms with Crippen LogP contribution in [0.25, 0.3) is 0 Å². The minimum Gasteiger partial charge on any atom is -0.361 e. The van der Waals surface area contributed by atoms with Crippen molar-refractivity contribution in [3.8, 4) is 0 Å². The number of hydrogen-bond acceptors (Lipinski definition) is 5. The minimum absolute atomic E-state index is 0.201. The van der Waals surface area contributed by atoms with Crippen LogP contribution < -0.4 is 5.32 Å². The molecule has 7 nitrogen and oxygen atoms in total. The van der Waals surface area contributed by atoms with Crippen LogP contribution >= 0.6 is 0 Å². The molecule has 20 heavy (non-hydrogen) atoms. The van der Waals surface area contributed by atoms with Gasteiger partial charge in [0.15, 0.2) is 5.69 Å². The molecule has 0 aromatic carbocycles. The Balaban J connectivity index is 1.72. The van der Waals surface area contributed by atoms with Gasteiger partial charge in [-0.3, -0.25) is 4.79 Å². The van der Waals surface area contributed by atoms with Crippen LogP contribution in [-0.2, 0) is 13.0 Å². The molecule has 0 spiro atoms. The third-order valence-corrected chi connectivity index (χ3v) is 2.75. The van der Waals surface area contributed by atoms with E-state index in [2.05, 4.69) is 34.5 Å². The highest BCUT2D eigenvalue weighted by molar-refractivity contribution is 5.92. The number of aryl methyl sites for hydroxylation is 1. The average Bonchev–Trinajstić information content (AvgIpc) is 3.04. The first-order chi connectivity index (χ1) is 9.65. The minimum atomic E-state index is -0.201. The molecule has 0 aliphatic rings. The van der Waals surface area contributed by atoms with Crippen molar-refractivity contribution in [1.29, 1.82) is 0 Å². The lowest BCUT2D eigenvalue weighted by atomic mass is 10.1. The summed E-state index contributed by atoms with van der Waals surface area (Å²) in [5.41, 5.74) is 0.338. The Morgan fingerprint density at radius 1 is 1.40 bits per heavy atom. The number of rotatable bonds is 7. The molecule has 1 N–H and O–H groups in total. The lowest BCUT2D eigenvalue weighted by molar-refractivity contribution is 0.0943. The van der Waals surface area contributed by atoms with Crippen LogP contribution in [0.4, 0.5) is 0 Å². The molecular formula is C13H19N5O2. The normalized spacial score (nSPS) is 10.9. The molecule has 0 bridgehead atoms. The highest BCUT2D eigenvalue weighted by Gasteiger charge is 2.12. The summed E-state index contributed by atoms with van der Waals surface area (Å²) in [5.74, 6) is 1.02. The Bertz CT molecular complexity index is 533. The molecule has 2 aromatic rings. The molecule has 0 atom stereocenters. The maximum atomic E-state index is 11.8. The van der Waals surface area contributed by atoms with Crippen molar-refractivity contribution in [1.82, 2.24) is 25.2 Å². The monoisotopic (exact) mass is 277 g/mol. The summed E-state index contributed by atoms with van der Waals surface area (Å²) < 4.78 is 6.99. The fourth-order valence-electron chi connectivity index (χ4n) is 1.81. The molecule has 0 unspecified atom stereocenters. The first-order valence-corrected chi connectivity index (χ1v) is 6.71. The maximum absolute atomic E-state index is 11.8. The molecule has 0 fully saturated rings. The van der Waals surface area contributed by atoms with Crippen LogP contribution in [-0.4, -0.2) is 32.4 Å². The van der Waals surface area contributed by atoms with Gasteiger partial charge in [-0.15, -0.1) is 10.2 Å². The summed E-state index contributed by atoms with van der Waals surface area (Å²) in [6, 6.07) is 1.70. The molecule has 2 aromatic heterocycles. The molecule has 2 rings (SSSR count). The van der Waals surface area contributed by atoms with E-state index in [4.69, 9.17) is 4.52 Å². The molecule has 2 heterocycles. The van der Waals surface area contributed by atoms with Gasteiger partial charge < -0.3 is 14.4 Å². The maximum Gasteiger partial charge on any atom is 0.273 e. The van der Waals surface area contributed by atoms with Gasteiger partial charge in [-0.25, -0.2) is 0 Å². The number of hydrogen-bond donors (Lipinski definition) is 1. The van der Waals surface area contributed by atoms with Crippen molar-refractivity contribution in [3.05, 3.63) is 30.2 Å². The number of nitrogens with one attached hydrogen (secondary N) is 1. The van der Waals surface area contributed by atoms with Crippen molar-refractivity contribution >= 4 is 5.91 Å². The zero-order valence-corrected chi connectivity index (χ0v) is 11.7. The third kappa shape index (κ3) is 4.18. The van der Waals surface area contributed by atoms with Gasteiger partial charge in [-0.2, -0.15) is 0 Å². The van der Waals surface area contributed by atoms with Gasteiger partial charge in [0.1, 0.15) is 18.4 Å². The Labute approximate surface area is 117 Å². The second-order valence-electron chi connectivity index (χ2n) is 5.09. The molecule has 0 aliphatic carbocycles. The molecular weight excluding hydrogens is 258 g/mol. The van der Waals surface area contributed by atoms with Crippen molar-refractivity contribution in [2.24, 2.45) is 5.92 Å². The molecule has 7 heteroatoms. The standard InChI is InChI=1S/C13H19N5O2/c1-10(2)6-11-7-12(17-20-11)13(19)14-4-3-5-18-8-15-16-9-18/h7-10H,3-6H2,1-2H3,(H,14,19). The fourth-order valence-corrected chi connectivity index (χ4v) is 1.81. The average molecular weight is 277 g/mol. The largest absolute Gasteiger partial charge is 0.361 e. The van der Waals surface area contributed by atoms with Gasteiger partial charge in [0.25, 0.3) is 5.91 Å². The van der Waals surface area contributed by atoms with Gasteiger partial charge in [-0.1, -0.05) is 19.0 Å². The van der Waals surface area contributed by atoms with Gasteiger partial charge in [0, 0.05) is 25.6 Å². The van der Waals surface area contributed by atoms with E-state index in [1.807, 2.05) is 4.57 Å². The summed E-state index contributed by atoms with van der Waals surface area (Å²) >= 11 is 0. The fraction of sp³-hybridized carbons (Fsp3) is 0.538.